The highest BCUT2D eigenvalue weighted by atomic mass is 19.4. The average molecular weight is 225 g/mol. The van der Waals surface area contributed by atoms with Crippen LogP contribution in [0.1, 0.15) is 19.3 Å². The fourth-order valence-corrected chi connectivity index (χ4v) is 1.49. The number of nitrogens with zero attached hydrogens (tertiary/aromatic N) is 1. The van der Waals surface area contributed by atoms with E-state index in [4.69, 9.17) is 0 Å². The number of carbonyl (C=O) groups is 1. The Morgan fingerprint density at radius 2 is 1.80 bits per heavy atom. The zero-order valence-electron chi connectivity index (χ0n) is 8.35. The SMILES string of the molecule is O=C(COCC(F)(F)F)N1CCCCC1. The van der Waals surface area contributed by atoms with Crippen molar-refractivity contribution < 1.29 is 22.7 Å². The van der Waals surface area contributed by atoms with Crippen LogP contribution in [0.4, 0.5) is 13.2 Å². The van der Waals surface area contributed by atoms with E-state index in [9.17, 15) is 18.0 Å². The predicted molar refractivity (Wildman–Crippen MR) is 47.3 cm³/mol. The van der Waals surface area contributed by atoms with Crippen LogP contribution in [0.15, 0.2) is 0 Å². The van der Waals surface area contributed by atoms with E-state index >= 15 is 0 Å². The molecule has 0 unspecified atom stereocenters. The Labute approximate surface area is 86.2 Å². The summed E-state index contributed by atoms with van der Waals surface area (Å²) in [7, 11) is 0. The number of alkyl halides is 3. The Kier molecular flexibility index (Phi) is 4.38. The second-order valence-electron chi connectivity index (χ2n) is 3.55. The second kappa shape index (κ2) is 5.34. The van der Waals surface area contributed by atoms with Gasteiger partial charge in [0.05, 0.1) is 0 Å². The fourth-order valence-electron chi connectivity index (χ4n) is 1.49. The summed E-state index contributed by atoms with van der Waals surface area (Å²) in [6.45, 7) is -0.561. The number of hydrogen-bond donors (Lipinski definition) is 0. The molecule has 0 N–H and O–H groups in total. The molecule has 0 radical (unpaired) electrons. The number of halogens is 3. The van der Waals surface area contributed by atoms with E-state index in [1.165, 1.54) is 0 Å². The Morgan fingerprint density at radius 1 is 1.20 bits per heavy atom. The third-order valence-corrected chi connectivity index (χ3v) is 2.20. The van der Waals surface area contributed by atoms with Gasteiger partial charge in [0, 0.05) is 13.1 Å². The van der Waals surface area contributed by atoms with Crippen LogP contribution in [-0.2, 0) is 9.53 Å². The summed E-state index contributed by atoms with van der Waals surface area (Å²) >= 11 is 0. The van der Waals surface area contributed by atoms with E-state index in [0.29, 0.717) is 13.1 Å². The van der Waals surface area contributed by atoms with Crippen LogP contribution in [0.2, 0.25) is 0 Å². The van der Waals surface area contributed by atoms with Crippen molar-refractivity contribution in [3.05, 3.63) is 0 Å². The zero-order chi connectivity index (χ0) is 11.3. The number of hydrogen-bond acceptors (Lipinski definition) is 2. The molecule has 0 aromatic heterocycles. The predicted octanol–water partition coefficient (Wildman–Crippen LogP) is 1.58. The minimum atomic E-state index is -4.36. The summed E-state index contributed by atoms with van der Waals surface area (Å²) in [6, 6.07) is 0. The molecule has 1 rings (SSSR count). The summed E-state index contributed by atoms with van der Waals surface area (Å²) < 4.78 is 39.4. The van der Waals surface area contributed by atoms with Gasteiger partial charge in [0.1, 0.15) is 13.2 Å². The molecule has 6 heteroatoms. The number of carbonyl (C=O) groups excluding carboxylic acids is 1. The van der Waals surface area contributed by atoms with Crippen LogP contribution >= 0.6 is 0 Å². The van der Waals surface area contributed by atoms with Crippen LogP contribution < -0.4 is 0 Å². The van der Waals surface area contributed by atoms with Crippen LogP contribution in [0.5, 0.6) is 0 Å². The Hall–Kier alpha value is -0.780. The molecule has 0 bridgehead atoms. The molecule has 1 aliphatic heterocycles. The number of ether oxygens (including phenoxy) is 1. The molecule has 1 amide bonds. The van der Waals surface area contributed by atoms with Crippen molar-refractivity contribution in [3.63, 3.8) is 0 Å². The van der Waals surface area contributed by atoms with Gasteiger partial charge in [0.2, 0.25) is 5.91 Å². The molecular weight excluding hydrogens is 211 g/mol. The van der Waals surface area contributed by atoms with Crippen molar-refractivity contribution in [2.75, 3.05) is 26.3 Å². The first-order valence-corrected chi connectivity index (χ1v) is 4.91. The molecule has 0 atom stereocenters. The van der Waals surface area contributed by atoms with Crippen molar-refractivity contribution in [1.82, 2.24) is 4.90 Å². The van der Waals surface area contributed by atoms with Crippen molar-refractivity contribution in [1.29, 1.82) is 0 Å². The minimum absolute atomic E-state index is 0.348. The third-order valence-electron chi connectivity index (χ3n) is 2.20. The Morgan fingerprint density at radius 3 is 2.33 bits per heavy atom. The number of rotatable bonds is 3. The zero-order valence-corrected chi connectivity index (χ0v) is 8.35. The highest BCUT2D eigenvalue weighted by Gasteiger charge is 2.28. The van der Waals surface area contributed by atoms with Crippen molar-refractivity contribution >= 4 is 5.91 Å². The average Bonchev–Trinajstić information content (AvgIpc) is 2.17. The van der Waals surface area contributed by atoms with Gasteiger partial charge in [-0.1, -0.05) is 0 Å². The van der Waals surface area contributed by atoms with Crippen LogP contribution in [0, 0.1) is 0 Å². The maximum absolute atomic E-state index is 11.7. The monoisotopic (exact) mass is 225 g/mol. The molecule has 1 heterocycles. The van der Waals surface area contributed by atoms with Gasteiger partial charge in [-0.15, -0.1) is 0 Å². The quantitative estimate of drug-likeness (QED) is 0.729. The van der Waals surface area contributed by atoms with Crippen molar-refractivity contribution in [2.24, 2.45) is 0 Å². The topological polar surface area (TPSA) is 29.5 Å². The molecule has 1 fully saturated rings. The lowest BCUT2D eigenvalue weighted by molar-refractivity contribution is -0.178. The summed E-state index contributed by atoms with van der Waals surface area (Å²) in [5, 5.41) is 0. The first-order valence-electron chi connectivity index (χ1n) is 4.91. The van der Waals surface area contributed by atoms with Gasteiger partial charge in [0.25, 0.3) is 0 Å². The van der Waals surface area contributed by atoms with Crippen LogP contribution in [-0.4, -0.2) is 43.3 Å². The van der Waals surface area contributed by atoms with Gasteiger partial charge in [-0.25, -0.2) is 0 Å². The van der Waals surface area contributed by atoms with Crippen LogP contribution in [0.25, 0.3) is 0 Å². The standard InChI is InChI=1S/C9H14F3NO2/c10-9(11,12)7-15-6-8(14)13-4-2-1-3-5-13/h1-7H2. The maximum Gasteiger partial charge on any atom is 0.411 e. The normalized spacial score (nSPS) is 17.9. The van der Waals surface area contributed by atoms with Crippen LogP contribution in [0.3, 0.4) is 0 Å². The van der Waals surface area contributed by atoms with Gasteiger partial charge < -0.3 is 9.64 Å². The lowest BCUT2D eigenvalue weighted by Gasteiger charge is -2.26. The van der Waals surface area contributed by atoms with E-state index < -0.39 is 19.4 Å². The molecule has 3 nitrogen and oxygen atoms in total. The van der Waals surface area contributed by atoms with E-state index in [2.05, 4.69) is 4.74 Å². The molecule has 15 heavy (non-hydrogen) atoms. The molecule has 0 aliphatic carbocycles. The summed E-state index contributed by atoms with van der Waals surface area (Å²) in [4.78, 5) is 12.9. The molecule has 1 aliphatic rings. The maximum atomic E-state index is 11.7. The molecule has 0 spiro atoms. The first kappa shape index (κ1) is 12.3. The molecular formula is C9H14F3NO2. The van der Waals surface area contributed by atoms with E-state index in [-0.39, 0.29) is 5.91 Å². The van der Waals surface area contributed by atoms with Gasteiger partial charge in [-0.3, -0.25) is 4.79 Å². The van der Waals surface area contributed by atoms with Gasteiger partial charge in [-0.05, 0) is 19.3 Å². The lowest BCUT2D eigenvalue weighted by Crippen LogP contribution is -2.38. The van der Waals surface area contributed by atoms with Crippen molar-refractivity contribution in [2.45, 2.75) is 25.4 Å². The molecule has 0 aromatic carbocycles. The second-order valence-corrected chi connectivity index (χ2v) is 3.55. The highest BCUT2D eigenvalue weighted by Crippen LogP contribution is 2.14. The highest BCUT2D eigenvalue weighted by molar-refractivity contribution is 5.77. The molecule has 0 aromatic rings. The Balaban J connectivity index is 2.17. The number of piperidine rings is 1. The van der Waals surface area contributed by atoms with Gasteiger partial charge in [0.15, 0.2) is 0 Å². The van der Waals surface area contributed by atoms with Crippen molar-refractivity contribution in [3.8, 4) is 0 Å². The minimum Gasteiger partial charge on any atom is -0.362 e. The smallest absolute Gasteiger partial charge is 0.362 e. The molecule has 88 valence electrons. The number of likely N-dealkylation sites (tertiary alicyclic amines) is 1. The summed E-state index contributed by atoms with van der Waals surface area (Å²) in [6.07, 6.45) is -1.44. The van der Waals surface area contributed by atoms with Gasteiger partial charge >= 0.3 is 6.18 Å². The third kappa shape index (κ3) is 5.01. The number of amides is 1. The molecule has 0 saturated carbocycles. The molecule has 1 saturated heterocycles. The fraction of sp³-hybridized carbons (Fsp3) is 0.889. The van der Waals surface area contributed by atoms with E-state index in [0.717, 1.165) is 19.3 Å². The van der Waals surface area contributed by atoms with Gasteiger partial charge in [-0.2, -0.15) is 13.2 Å². The van der Waals surface area contributed by atoms with E-state index in [1.54, 1.807) is 4.90 Å². The Bertz CT molecular complexity index is 212. The first-order chi connectivity index (χ1) is 6.99. The largest absolute Gasteiger partial charge is 0.411 e. The lowest BCUT2D eigenvalue weighted by atomic mass is 10.1. The summed E-state index contributed by atoms with van der Waals surface area (Å²) in [5.74, 6) is -0.348. The van der Waals surface area contributed by atoms with E-state index in [1.807, 2.05) is 0 Å². The summed E-state index contributed by atoms with van der Waals surface area (Å²) in [5.41, 5.74) is 0.